The van der Waals surface area contributed by atoms with E-state index in [0.717, 1.165) is 35.7 Å². The minimum Gasteiger partial charge on any atom is -0.387 e. The molecule has 1 aromatic rings. The van der Waals surface area contributed by atoms with Gasteiger partial charge in [0.1, 0.15) is 0 Å². The molecule has 1 aliphatic rings. The van der Waals surface area contributed by atoms with Crippen LogP contribution < -0.4 is 0 Å². The average molecular weight is 294 g/mol. The Labute approximate surface area is 110 Å². The van der Waals surface area contributed by atoms with Gasteiger partial charge in [-0.1, -0.05) is 47.3 Å². The van der Waals surface area contributed by atoms with Gasteiger partial charge in [0.15, 0.2) is 0 Å². The zero-order valence-corrected chi connectivity index (χ0v) is 11.3. The maximum atomic E-state index is 10.5. The second kappa shape index (κ2) is 5.20. The van der Waals surface area contributed by atoms with Crippen molar-refractivity contribution in [2.45, 2.75) is 38.2 Å². The molecule has 2 nitrogen and oxygen atoms in total. The maximum Gasteiger partial charge on any atom is 0.0976 e. The molecule has 2 rings (SSSR count). The van der Waals surface area contributed by atoms with E-state index in [9.17, 15) is 10.4 Å². The molecular weight excluding hydrogens is 278 g/mol. The molecule has 3 heteroatoms. The van der Waals surface area contributed by atoms with E-state index in [2.05, 4.69) is 22.0 Å². The highest BCUT2D eigenvalue weighted by Crippen LogP contribution is 2.45. The van der Waals surface area contributed by atoms with Crippen LogP contribution in [0.4, 0.5) is 0 Å². The molecule has 1 unspecified atom stereocenters. The summed E-state index contributed by atoms with van der Waals surface area (Å²) in [5.74, 6) is 0. The molecule has 90 valence electrons. The predicted octanol–water partition coefficient (Wildman–Crippen LogP) is 3.96. The number of benzene rings is 1. The fourth-order valence-corrected chi connectivity index (χ4v) is 3.04. The Morgan fingerprint density at radius 2 is 2.00 bits per heavy atom. The average Bonchev–Trinajstić information content (AvgIpc) is 2.38. The van der Waals surface area contributed by atoms with Crippen LogP contribution in [0.15, 0.2) is 28.7 Å². The Morgan fingerprint density at radius 1 is 1.29 bits per heavy atom. The molecule has 1 aromatic carbocycles. The second-order valence-electron chi connectivity index (χ2n) is 4.79. The first-order valence-corrected chi connectivity index (χ1v) is 6.82. The summed E-state index contributed by atoms with van der Waals surface area (Å²) in [6.45, 7) is 0. The van der Waals surface area contributed by atoms with Crippen LogP contribution in [-0.2, 0) is 0 Å². The third kappa shape index (κ3) is 2.53. The molecule has 0 amide bonds. The van der Waals surface area contributed by atoms with Crippen LogP contribution in [0.25, 0.3) is 0 Å². The maximum absolute atomic E-state index is 10.5. The topological polar surface area (TPSA) is 44.0 Å². The molecule has 0 bridgehead atoms. The molecule has 0 aromatic heterocycles. The smallest absolute Gasteiger partial charge is 0.0976 e. The van der Waals surface area contributed by atoms with Gasteiger partial charge in [0, 0.05) is 4.47 Å². The molecule has 0 spiro atoms. The summed E-state index contributed by atoms with van der Waals surface area (Å²) in [5, 5.41) is 19.9. The Morgan fingerprint density at radius 3 is 2.59 bits per heavy atom. The number of hydrogen-bond acceptors (Lipinski definition) is 2. The van der Waals surface area contributed by atoms with E-state index in [0.29, 0.717) is 0 Å². The standard InChI is InChI=1S/C14H16BrNO/c15-12-6-4-5-11(9-12)13(17)14(10-16)7-2-1-3-8-14/h4-6,9,13,17H,1-3,7-8H2. The minimum atomic E-state index is -0.676. The number of aliphatic hydroxyl groups is 1. The first-order valence-electron chi connectivity index (χ1n) is 6.03. The van der Waals surface area contributed by atoms with E-state index in [4.69, 9.17) is 0 Å². The van der Waals surface area contributed by atoms with Crippen molar-refractivity contribution in [3.63, 3.8) is 0 Å². The molecule has 1 N–H and O–H groups in total. The Hall–Kier alpha value is -0.850. The van der Waals surface area contributed by atoms with Gasteiger partial charge in [-0.25, -0.2) is 0 Å². The van der Waals surface area contributed by atoms with Crippen LogP contribution in [0, 0.1) is 16.7 Å². The number of nitriles is 1. The van der Waals surface area contributed by atoms with Gasteiger partial charge in [-0.3, -0.25) is 0 Å². The largest absolute Gasteiger partial charge is 0.387 e. The number of nitrogens with zero attached hydrogens (tertiary/aromatic N) is 1. The summed E-state index contributed by atoms with van der Waals surface area (Å²) in [5.41, 5.74) is 0.252. The summed E-state index contributed by atoms with van der Waals surface area (Å²) in [6, 6.07) is 9.99. The number of halogens is 1. The molecule has 0 saturated heterocycles. The van der Waals surface area contributed by atoms with Crippen molar-refractivity contribution in [3.05, 3.63) is 34.3 Å². The first kappa shape index (κ1) is 12.6. The van der Waals surface area contributed by atoms with E-state index in [1.54, 1.807) is 0 Å². The van der Waals surface area contributed by atoms with Gasteiger partial charge in [0.25, 0.3) is 0 Å². The van der Waals surface area contributed by atoms with Crippen molar-refractivity contribution in [2.24, 2.45) is 5.41 Å². The van der Waals surface area contributed by atoms with Crippen molar-refractivity contribution in [3.8, 4) is 6.07 Å². The Bertz CT molecular complexity index is 432. The van der Waals surface area contributed by atoms with E-state index >= 15 is 0 Å². The fourth-order valence-electron chi connectivity index (χ4n) is 2.62. The number of rotatable bonds is 2. The fraction of sp³-hybridized carbons (Fsp3) is 0.500. The van der Waals surface area contributed by atoms with Gasteiger partial charge in [0.05, 0.1) is 17.6 Å². The van der Waals surface area contributed by atoms with Crippen molar-refractivity contribution < 1.29 is 5.11 Å². The summed E-state index contributed by atoms with van der Waals surface area (Å²) >= 11 is 3.40. The summed E-state index contributed by atoms with van der Waals surface area (Å²) in [7, 11) is 0. The lowest BCUT2D eigenvalue weighted by molar-refractivity contribution is 0.0359. The van der Waals surface area contributed by atoms with Crippen LogP contribution >= 0.6 is 15.9 Å². The zero-order valence-electron chi connectivity index (χ0n) is 9.69. The molecule has 1 aliphatic carbocycles. The Balaban J connectivity index is 2.29. The van der Waals surface area contributed by atoms with Gasteiger partial charge >= 0.3 is 0 Å². The minimum absolute atomic E-state index is 0.584. The van der Waals surface area contributed by atoms with E-state index in [1.807, 2.05) is 24.3 Å². The van der Waals surface area contributed by atoms with Gasteiger partial charge in [-0.2, -0.15) is 5.26 Å². The number of hydrogen-bond donors (Lipinski definition) is 1. The molecule has 0 aliphatic heterocycles. The van der Waals surface area contributed by atoms with Crippen LogP contribution in [0.5, 0.6) is 0 Å². The molecule has 0 heterocycles. The van der Waals surface area contributed by atoms with Gasteiger partial charge in [-0.15, -0.1) is 0 Å². The van der Waals surface area contributed by atoms with Crippen molar-refractivity contribution in [2.75, 3.05) is 0 Å². The van der Waals surface area contributed by atoms with Crippen molar-refractivity contribution in [1.29, 1.82) is 5.26 Å². The van der Waals surface area contributed by atoms with Crippen molar-refractivity contribution >= 4 is 15.9 Å². The van der Waals surface area contributed by atoms with Crippen LogP contribution in [0.3, 0.4) is 0 Å². The Kier molecular flexibility index (Phi) is 3.86. The molecule has 17 heavy (non-hydrogen) atoms. The highest BCUT2D eigenvalue weighted by atomic mass is 79.9. The van der Waals surface area contributed by atoms with Crippen LogP contribution in [0.1, 0.15) is 43.8 Å². The molecule has 1 atom stereocenters. The normalized spacial score (nSPS) is 20.5. The van der Waals surface area contributed by atoms with E-state index < -0.39 is 11.5 Å². The molecule has 1 saturated carbocycles. The highest BCUT2D eigenvalue weighted by molar-refractivity contribution is 9.10. The van der Waals surface area contributed by atoms with Gasteiger partial charge in [-0.05, 0) is 30.5 Å². The predicted molar refractivity (Wildman–Crippen MR) is 70.2 cm³/mol. The van der Waals surface area contributed by atoms with Gasteiger partial charge < -0.3 is 5.11 Å². The SMILES string of the molecule is N#CC1(C(O)c2cccc(Br)c2)CCCCC1. The third-order valence-corrected chi connectivity index (χ3v) is 4.15. The third-order valence-electron chi connectivity index (χ3n) is 3.66. The lowest BCUT2D eigenvalue weighted by Gasteiger charge is -2.35. The van der Waals surface area contributed by atoms with Crippen molar-refractivity contribution in [1.82, 2.24) is 0 Å². The summed E-state index contributed by atoms with van der Waals surface area (Å²) in [6.07, 6.45) is 4.19. The van der Waals surface area contributed by atoms with E-state index in [-0.39, 0.29) is 0 Å². The lowest BCUT2D eigenvalue weighted by Crippen LogP contribution is -2.30. The molecule has 0 radical (unpaired) electrons. The monoisotopic (exact) mass is 293 g/mol. The molecule has 1 fully saturated rings. The highest BCUT2D eigenvalue weighted by Gasteiger charge is 2.40. The summed E-state index contributed by atoms with van der Waals surface area (Å²) < 4.78 is 0.943. The first-order chi connectivity index (χ1) is 8.18. The second-order valence-corrected chi connectivity index (χ2v) is 5.70. The summed E-state index contributed by atoms with van der Waals surface area (Å²) in [4.78, 5) is 0. The van der Waals surface area contributed by atoms with Crippen LogP contribution in [0.2, 0.25) is 0 Å². The van der Waals surface area contributed by atoms with Crippen LogP contribution in [-0.4, -0.2) is 5.11 Å². The lowest BCUT2D eigenvalue weighted by atomic mass is 9.69. The zero-order chi connectivity index (χ0) is 12.3. The molecular formula is C14H16BrNO. The van der Waals surface area contributed by atoms with E-state index in [1.165, 1.54) is 6.42 Å². The number of aliphatic hydroxyl groups excluding tert-OH is 1. The quantitative estimate of drug-likeness (QED) is 0.897. The van der Waals surface area contributed by atoms with Gasteiger partial charge in [0.2, 0.25) is 0 Å².